The van der Waals surface area contributed by atoms with Gasteiger partial charge in [-0.05, 0) is 48.0 Å². The van der Waals surface area contributed by atoms with E-state index in [0.717, 1.165) is 21.5 Å². The van der Waals surface area contributed by atoms with Crippen LogP contribution in [0.1, 0.15) is 24.0 Å². The van der Waals surface area contributed by atoms with E-state index in [1.807, 2.05) is 121 Å². The van der Waals surface area contributed by atoms with Gasteiger partial charge in [0.2, 0.25) is 5.91 Å². The molecule has 7 nitrogen and oxygen atoms in total. The van der Waals surface area contributed by atoms with Crippen LogP contribution in [0, 0.1) is 10.1 Å². The molecule has 0 radical (unpaired) electrons. The molecular formula is C38H32N2O5PS+. The number of likely N-dealkylation sites (tertiary alicyclic amines) is 1. The molecule has 5 aromatic rings. The molecule has 1 aliphatic heterocycles. The van der Waals surface area contributed by atoms with E-state index in [4.69, 9.17) is 17.0 Å². The number of amides is 1. The second-order valence-electron chi connectivity index (χ2n) is 11.2. The molecule has 9 heteroatoms. The van der Waals surface area contributed by atoms with Gasteiger partial charge >= 0.3 is 5.97 Å². The monoisotopic (exact) mass is 659 g/mol. The number of β-lactam (4-membered cyclic amide) rings is 1. The summed E-state index contributed by atoms with van der Waals surface area (Å²) in [5, 5.41) is 14.5. The molecule has 0 aromatic heterocycles. The first-order valence-corrected chi connectivity index (χ1v) is 17.5. The van der Waals surface area contributed by atoms with E-state index in [0.29, 0.717) is 11.3 Å². The Labute approximate surface area is 279 Å². The fraction of sp³-hybridized carbons (Fsp3) is 0.132. The summed E-state index contributed by atoms with van der Waals surface area (Å²) in [7, 11) is -3.03. The summed E-state index contributed by atoms with van der Waals surface area (Å²) in [5.74, 6) is -1.87. The SMILES string of the molecule is O=C(OCc1ccccc1[N+](=O)[O-])C(N1C(=O)CC1CC(=S)c1ccccc1)[P+](c1ccccc1)(c1ccccc1)c1ccccc1. The van der Waals surface area contributed by atoms with Crippen LogP contribution in [0.25, 0.3) is 0 Å². The molecule has 5 aromatic carbocycles. The summed E-state index contributed by atoms with van der Waals surface area (Å²) in [5.41, 5.74) is 1.02. The summed E-state index contributed by atoms with van der Waals surface area (Å²) in [6.07, 6.45) is 0.636. The highest BCUT2D eigenvalue weighted by Crippen LogP contribution is 2.62. The van der Waals surface area contributed by atoms with Gasteiger partial charge in [-0.2, -0.15) is 0 Å². The molecule has 1 saturated heterocycles. The standard InChI is InChI=1S/C38H32N2O5PS/c41-36-26-30(25-35(47)28-15-5-1-6-16-28)39(36)37(38(42)45-27-29-17-13-14-24-34(29)40(43)44)46(31-18-7-2-8-19-31,32-20-9-3-10-21-32)33-22-11-4-12-23-33/h1-24,30,37H,25-27H2/q+1. The van der Waals surface area contributed by atoms with Crippen molar-refractivity contribution in [2.75, 3.05) is 0 Å². The number of hydrogen-bond donors (Lipinski definition) is 0. The average molecular weight is 660 g/mol. The zero-order chi connectivity index (χ0) is 32.8. The van der Waals surface area contributed by atoms with Gasteiger partial charge in [-0.25, -0.2) is 4.79 Å². The number of nitro groups is 1. The molecule has 2 unspecified atom stereocenters. The van der Waals surface area contributed by atoms with Gasteiger partial charge in [-0.15, -0.1) is 0 Å². The van der Waals surface area contributed by atoms with Gasteiger partial charge in [-0.3, -0.25) is 19.8 Å². The van der Waals surface area contributed by atoms with E-state index in [9.17, 15) is 19.7 Å². The minimum atomic E-state index is -3.03. The lowest BCUT2D eigenvalue weighted by molar-refractivity contribution is -0.385. The second-order valence-corrected chi connectivity index (χ2v) is 15.2. The Morgan fingerprint density at radius 1 is 0.787 bits per heavy atom. The van der Waals surface area contributed by atoms with Crippen molar-refractivity contribution in [2.24, 2.45) is 0 Å². The zero-order valence-corrected chi connectivity index (χ0v) is 27.1. The van der Waals surface area contributed by atoms with Crippen molar-refractivity contribution in [3.05, 3.63) is 167 Å². The minimum Gasteiger partial charge on any atom is -0.456 e. The molecule has 0 bridgehead atoms. The first-order valence-electron chi connectivity index (χ1n) is 15.2. The number of nitro benzene ring substituents is 1. The van der Waals surface area contributed by atoms with Crippen LogP contribution in [0.5, 0.6) is 0 Å². The first-order chi connectivity index (χ1) is 22.9. The maximum Gasteiger partial charge on any atom is 0.370 e. The highest BCUT2D eigenvalue weighted by molar-refractivity contribution is 7.96. The van der Waals surface area contributed by atoms with Crippen molar-refractivity contribution in [3.63, 3.8) is 0 Å². The van der Waals surface area contributed by atoms with Gasteiger partial charge in [-0.1, -0.05) is 109 Å². The van der Waals surface area contributed by atoms with Crippen molar-refractivity contribution in [1.29, 1.82) is 0 Å². The predicted octanol–water partition coefficient (Wildman–Crippen LogP) is 6.37. The molecule has 0 N–H and O–H groups in total. The van der Waals surface area contributed by atoms with Crippen LogP contribution in [0.15, 0.2) is 146 Å². The van der Waals surface area contributed by atoms with Gasteiger partial charge < -0.3 is 4.74 Å². The van der Waals surface area contributed by atoms with Gasteiger partial charge in [0.15, 0.2) is 0 Å². The molecule has 1 fully saturated rings. The van der Waals surface area contributed by atoms with E-state index >= 15 is 0 Å². The van der Waals surface area contributed by atoms with Crippen LogP contribution < -0.4 is 15.9 Å². The fourth-order valence-corrected chi connectivity index (χ4v) is 11.4. The number of benzene rings is 5. The summed E-state index contributed by atoms with van der Waals surface area (Å²) in [6.45, 7) is -0.319. The van der Waals surface area contributed by atoms with Gasteiger partial charge in [0.1, 0.15) is 29.8 Å². The van der Waals surface area contributed by atoms with Crippen LogP contribution in [0.2, 0.25) is 0 Å². The molecule has 6 rings (SSSR count). The second kappa shape index (κ2) is 14.2. The Morgan fingerprint density at radius 2 is 1.26 bits per heavy atom. The first kappa shape index (κ1) is 31.9. The third kappa shape index (κ3) is 6.35. The van der Waals surface area contributed by atoms with E-state index < -0.39 is 23.9 Å². The van der Waals surface area contributed by atoms with Gasteiger partial charge in [0, 0.05) is 29.8 Å². The fourth-order valence-electron chi connectivity index (χ4n) is 6.31. The Balaban J connectivity index is 1.53. The third-order valence-electron chi connectivity index (χ3n) is 8.50. The number of ether oxygens (including phenoxy) is 1. The van der Waals surface area contributed by atoms with Crippen LogP contribution in [0.4, 0.5) is 5.69 Å². The molecule has 1 aliphatic rings. The lowest BCUT2D eigenvalue weighted by Crippen LogP contribution is -2.64. The summed E-state index contributed by atoms with van der Waals surface area (Å²) >= 11 is 5.86. The molecule has 0 spiro atoms. The molecule has 234 valence electrons. The largest absolute Gasteiger partial charge is 0.456 e. The van der Waals surface area contributed by atoms with E-state index in [1.54, 1.807) is 23.1 Å². The van der Waals surface area contributed by atoms with Gasteiger partial charge in [0.05, 0.1) is 10.5 Å². The van der Waals surface area contributed by atoms with Crippen molar-refractivity contribution in [1.82, 2.24) is 4.90 Å². The topological polar surface area (TPSA) is 89.8 Å². The number of carbonyl (C=O) groups excluding carboxylic acids is 2. The van der Waals surface area contributed by atoms with Gasteiger partial charge in [0.25, 0.3) is 11.5 Å². The van der Waals surface area contributed by atoms with E-state index in [2.05, 4.69) is 0 Å². The van der Waals surface area contributed by atoms with Crippen molar-refractivity contribution < 1.29 is 19.2 Å². The molecule has 47 heavy (non-hydrogen) atoms. The summed E-state index contributed by atoms with van der Waals surface area (Å²) in [4.78, 5) is 42.4. The number of para-hydroxylation sites is 1. The predicted molar refractivity (Wildman–Crippen MR) is 190 cm³/mol. The number of carbonyl (C=O) groups is 2. The molecule has 0 aliphatic carbocycles. The van der Waals surface area contributed by atoms with E-state index in [-0.39, 0.29) is 36.2 Å². The van der Waals surface area contributed by atoms with Crippen LogP contribution in [0.3, 0.4) is 0 Å². The summed E-state index contributed by atoms with van der Waals surface area (Å²) in [6, 6.07) is 44.9. The van der Waals surface area contributed by atoms with Crippen molar-refractivity contribution in [3.8, 4) is 0 Å². The number of rotatable bonds is 12. The Morgan fingerprint density at radius 3 is 1.74 bits per heavy atom. The maximum atomic E-state index is 14.9. The van der Waals surface area contributed by atoms with Crippen molar-refractivity contribution in [2.45, 2.75) is 31.3 Å². The Hall–Kier alpha value is -5.04. The lowest BCUT2D eigenvalue weighted by Gasteiger charge is -2.47. The molecule has 2 atom stereocenters. The van der Waals surface area contributed by atoms with Crippen molar-refractivity contribution >= 4 is 57.8 Å². The number of hydrogen-bond acceptors (Lipinski definition) is 6. The number of esters is 1. The molecule has 0 saturated carbocycles. The molecular weight excluding hydrogens is 627 g/mol. The normalized spacial score (nSPS) is 14.9. The van der Waals surface area contributed by atoms with Crippen LogP contribution >= 0.6 is 19.5 Å². The lowest BCUT2D eigenvalue weighted by atomic mass is 9.94. The highest BCUT2D eigenvalue weighted by Gasteiger charge is 2.63. The number of thiocarbonyl (C=S) groups is 1. The minimum absolute atomic E-state index is 0.141. The highest BCUT2D eigenvalue weighted by atomic mass is 32.1. The number of nitrogens with zero attached hydrogens (tertiary/aromatic N) is 2. The van der Waals surface area contributed by atoms with E-state index in [1.165, 1.54) is 6.07 Å². The Bertz CT molecular complexity index is 1790. The summed E-state index contributed by atoms with van der Waals surface area (Å²) < 4.78 is 6.05. The maximum absolute atomic E-state index is 14.9. The molecule has 1 amide bonds. The zero-order valence-electron chi connectivity index (χ0n) is 25.4. The Kier molecular flexibility index (Phi) is 9.62. The average Bonchev–Trinajstić information content (AvgIpc) is 3.12. The quantitative estimate of drug-likeness (QED) is 0.0294. The third-order valence-corrected chi connectivity index (χ3v) is 13.4. The van der Waals surface area contributed by atoms with Crippen LogP contribution in [-0.4, -0.2) is 38.4 Å². The molecule has 1 heterocycles. The van der Waals surface area contributed by atoms with Crippen LogP contribution in [-0.2, 0) is 20.9 Å². The smallest absolute Gasteiger partial charge is 0.370 e.